The molecular formula is C21H21F2N5O3. The van der Waals surface area contributed by atoms with E-state index in [9.17, 15) is 13.6 Å². The van der Waals surface area contributed by atoms with E-state index < -0.39 is 6.61 Å². The lowest BCUT2D eigenvalue weighted by Crippen LogP contribution is -2.35. The molecule has 0 N–H and O–H groups in total. The zero-order valence-corrected chi connectivity index (χ0v) is 16.7. The number of para-hydroxylation sites is 1. The average molecular weight is 429 g/mol. The van der Waals surface area contributed by atoms with Crippen molar-refractivity contribution in [2.45, 2.75) is 19.6 Å². The Balaban J connectivity index is 1.39. The zero-order chi connectivity index (χ0) is 21.6. The maximum absolute atomic E-state index is 12.7. The third-order valence-electron chi connectivity index (χ3n) is 4.97. The van der Waals surface area contributed by atoms with Gasteiger partial charge in [0.15, 0.2) is 0 Å². The quantitative estimate of drug-likeness (QED) is 0.595. The molecule has 0 saturated carbocycles. The first kappa shape index (κ1) is 20.9. The molecule has 1 aliphatic heterocycles. The van der Waals surface area contributed by atoms with Gasteiger partial charge >= 0.3 is 6.61 Å². The van der Waals surface area contributed by atoms with Crippen molar-refractivity contribution in [2.75, 3.05) is 26.2 Å². The molecule has 1 aliphatic rings. The van der Waals surface area contributed by atoms with Crippen molar-refractivity contribution in [1.29, 1.82) is 0 Å². The summed E-state index contributed by atoms with van der Waals surface area (Å²) in [5.74, 6) is 0.538. The molecule has 0 aliphatic carbocycles. The van der Waals surface area contributed by atoms with Crippen LogP contribution in [0.4, 0.5) is 8.78 Å². The van der Waals surface area contributed by atoms with Crippen LogP contribution in [-0.2, 0) is 6.54 Å². The molecule has 2 aromatic heterocycles. The van der Waals surface area contributed by atoms with Crippen LogP contribution >= 0.6 is 0 Å². The van der Waals surface area contributed by atoms with Gasteiger partial charge in [-0.3, -0.25) is 14.7 Å². The number of carbonyl (C=O) groups is 1. The predicted octanol–water partition coefficient (Wildman–Crippen LogP) is 3.08. The summed E-state index contributed by atoms with van der Waals surface area (Å²) in [7, 11) is 0. The number of ether oxygens (including phenoxy) is 1. The fraction of sp³-hybridized carbons (Fsp3) is 0.333. The highest BCUT2D eigenvalue weighted by atomic mass is 19.3. The van der Waals surface area contributed by atoms with Crippen molar-refractivity contribution >= 4 is 5.91 Å². The van der Waals surface area contributed by atoms with Gasteiger partial charge in [-0.15, -0.1) is 0 Å². The van der Waals surface area contributed by atoms with Gasteiger partial charge in [0, 0.05) is 44.1 Å². The van der Waals surface area contributed by atoms with Crippen molar-refractivity contribution in [3.63, 3.8) is 0 Å². The first-order valence-corrected chi connectivity index (χ1v) is 9.88. The summed E-state index contributed by atoms with van der Waals surface area (Å²) in [6.07, 6.45) is 4.02. The summed E-state index contributed by atoms with van der Waals surface area (Å²) < 4.78 is 35.2. The molecule has 0 radical (unpaired) electrons. The van der Waals surface area contributed by atoms with Crippen LogP contribution in [0.1, 0.15) is 22.7 Å². The number of rotatable bonds is 6. The summed E-state index contributed by atoms with van der Waals surface area (Å²) in [5.41, 5.74) is 0.956. The second-order valence-electron chi connectivity index (χ2n) is 7.04. The van der Waals surface area contributed by atoms with E-state index in [1.165, 1.54) is 6.07 Å². The molecule has 1 fully saturated rings. The normalized spacial score (nSPS) is 15.1. The van der Waals surface area contributed by atoms with E-state index in [-0.39, 0.29) is 17.5 Å². The van der Waals surface area contributed by atoms with Crippen molar-refractivity contribution < 1.29 is 22.8 Å². The number of pyridine rings is 1. The number of nitrogens with zero attached hydrogens (tertiary/aromatic N) is 5. The Kier molecular flexibility index (Phi) is 6.46. The number of halogens is 2. The Morgan fingerprint density at radius 1 is 1.10 bits per heavy atom. The SMILES string of the molecule is O=C(c1ccncc1)N1CCCN(Cc2nc(-c3ccccc3OC(F)F)no2)CC1. The third kappa shape index (κ3) is 5.21. The molecule has 0 unspecified atom stereocenters. The highest BCUT2D eigenvalue weighted by molar-refractivity contribution is 5.94. The Labute approximate surface area is 177 Å². The molecule has 0 spiro atoms. The molecule has 0 atom stereocenters. The molecule has 0 bridgehead atoms. The van der Waals surface area contributed by atoms with Crippen LogP contribution in [0.5, 0.6) is 5.75 Å². The van der Waals surface area contributed by atoms with E-state index in [0.29, 0.717) is 43.2 Å². The van der Waals surface area contributed by atoms with Crippen LogP contribution in [0.3, 0.4) is 0 Å². The highest BCUT2D eigenvalue weighted by Crippen LogP contribution is 2.29. The lowest BCUT2D eigenvalue weighted by Gasteiger charge is -2.21. The largest absolute Gasteiger partial charge is 0.434 e. The Hall–Kier alpha value is -3.40. The standard InChI is InChI=1S/C21H21F2N5O3/c22-21(23)30-17-5-2-1-4-16(17)19-25-18(31-26-19)14-27-10-3-11-28(13-12-27)20(29)15-6-8-24-9-7-15/h1-2,4-9,21H,3,10-14H2. The van der Waals surface area contributed by atoms with Gasteiger partial charge in [-0.1, -0.05) is 17.3 Å². The van der Waals surface area contributed by atoms with Crippen LogP contribution in [0.25, 0.3) is 11.4 Å². The van der Waals surface area contributed by atoms with Gasteiger partial charge in [-0.05, 0) is 30.7 Å². The van der Waals surface area contributed by atoms with Crippen molar-refractivity contribution in [3.05, 3.63) is 60.2 Å². The Morgan fingerprint density at radius 2 is 1.90 bits per heavy atom. The Bertz CT molecular complexity index is 1020. The van der Waals surface area contributed by atoms with E-state index >= 15 is 0 Å². The van der Waals surface area contributed by atoms with Crippen molar-refractivity contribution in [2.24, 2.45) is 0 Å². The van der Waals surface area contributed by atoms with Crippen LogP contribution in [0.2, 0.25) is 0 Å². The van der Waals surface area contributed by atoms with Crippen LogP contribution in [-0.4, -0.2) is 63.6 Å². The van der Waals surface area contributed by atoms with Gasteiger partial charge in [0.25, 0.3) is 5.91 Å². The molecule has 3 heterocycles. The van der Waals surface area contributed by atoms with Crippen LogP contribution < -0.4 is 4.74 Å². The molecule has 1 aromatic carbocycles. The number of hydrogen-bond acceptors (Lipinski definition) is 7. The summed E-state index contributed by atoms with van der Waals surface area (Å²) in [4.78, 5) is 24.9. The predicted molar refractivity (Wildman–Crippen MR) is 106 cm³/mol. The van der Waals surface area contributed by atoms with Crippen molar-refractivity contribution in [1.82, 2.24) is 24.9 Å². The molecule has 3 aromatic rings. The van der Waals surface area contributed by atoms with Crippen LogP contribution in [0, 0.1) is 0 Å². The van der Waals surface area contributed by atoms with Crippen molar-refractivity contribution in [3.8, 4) is 17.1 Å². The molecule has 1 saturated heterocycles. The first-order valence-electron chi connectivity index (χ1n) is 9.88. The van der Waals surface area contributed by atoms with Gasteiger partial charge in [-0.2, -0.15) is 13.8 Å². The zero-order valence-electron chi connectivity index (χ0n) is 16.7. The minimum atomic E-state index is -2.94. The first-order chi connectivity index (χ1) is 15.1. The lowest BCUT2D eigenvalue weighted by molar-refractivity contribution is -0.0494. The second-order valence-corrected chi connectivity index (χ2v) is 7.04. The minimum absolute atomic E-state index is 0.00936. The lowest BCUT2D eigenvalue weighted by atomic mass is 10.2. The summed E-state index contributed by atoms with van der Waals surface area (Å²) in [5, 5.41) is 3.92. The molecule has 10 heteroatoms. The topological polar surface area (TPSA) is 84.6 Å². The summed E-state index contributed by atoms with van der Waals surface area (Å²) in [6, 6.07) is 9.73. The average Bonchev–Trinajstić information content (AvgIpc) is 3.11. The van der Waals surface area contributed by atoms with Gasteiger partial charge in [-0.25, -0.2) is 0 Å². The maximum atomic E-state index is 12.7. The molecule has 8 nitrogen and oxygen atoms in total. The number of amides is 1. The van der Waals surface area contributed by atoms with Gasteiger partial charge < -0.3 is 14.2 Å². The fourth-order valence-electron chi connectivity index (χ4n) is 3.48. The number of benzene rings is 1. The molecule has 4 rings (SSSR count). The van der Waals surface area contributed by atoms with Gasteiger partial charge in [0.2, 0.25) is 11.7 Å². The number of aromatic nitrogens is 3. The number of alkyl halides is 2. The Morgan fingerprint density at radius 3 is 2.71 bits per heavy atom. The smallest absolute Gasteiger partial charge is 0.387 e. The molecule has 162 valence electrons. The van der Waals surface area contributed by atoms with Gasteiger partial charge in [0.05, 0.1) is 12.1 Å². The molecule has 1 amide bonds. The monoisotopic (exact) mass is 429 g/mol. The third-order valence-corrected chi connectivity index (χ3v) is 4.97. The van der Waals surface area contributed by atoms with Crippen LogP contribution in [0.15, 0.2) is 53.3 Å². The van der Waals surface area contributed by atoms with E-state index in [0.717, 1.165) is 13.0 Å². The molecular weight excluding hydrogens is 408 g/mol. The number of carbonyl (C=O) groups excluding carboxylic acids is 1. The number of hydrogen-bond donors (Lipinski definition) is 0. The van der Waals surface area contributed by atoms with E-state index in [1.54, 1.807) is 42.7 Å². The highest BCUT2D eigenvalue weighted by Gasteiger charge is 2.22. The van der Waals surface area contributed by atoms with E-state index in [2.05, 4.69) is 24.8 Å². The van der Waals surface area contributed by atoms with E-state index in [4.69, 9.17) is 4.52 Å². The molecule has 31 heavy (non-hydrogen) atoms. The summed E-state index contributed by atoms with van der Waals surface area (Å²) >= 11 is 0. The minimum Gasteiger partial charge on any atom is -0.434 e. The fourth-order valence-corrected chi connectivity index (χ4v) is 3.48. The van der Waals surface area contributed by atoms with E-state index in [1.807, 2.05) is 4.90 Å². The maximum Gasteiger partial charge on any atom is 0.387 e. The second kappa shape index (κ2) is 9.61. The van der Waals surface area contributed by atoms with Gasteiger partial charge in [0.1, 0.15) is 5.75 Å². The summed E-state index contributed by atoms with van der Waals surface area (Å²) in [6.45, 7) is 0.116.